The van der Waals surface area contributed by atoms with Crippen LogP contribution in [0.3, 0.4) is 0 Å². The van der Waals surface area contributed by atoms with E-state index in [9.17, 15) is 22.8 Å². The van der Waals surface area contributed by atoms with Crippen molar-refractivity contribution < 1.29 is 27.9 Å². The van der Waals surface area contributed by atoms with E-state index in [1.165, 1.54) is 6.20 Å². The maximum atomic E-state index is 12.6. The Labute approximate surface area is 146 Å². The van der Waals surface area contributed by atoms with Gasteiger partial charge in [0, 0.05) is 12.2 Å². The van der Waals surface area contributed by atoms with Crippen LogP contribution in [0, 0.1) is 0 Å². The van der Waals surface area contributed by atoms with Gasteiger partial charge in [-0.05, 0) is 25.5 Å². The molecule has 2 aromatic heterocycles. The monoisotopic (exact) mass is 371 g/mol. The van der Waals surface area contributed by atoms with Crippen molar-refractivity contribution in [3.05, 3.63) is 35.8 Å². The molecule has 140 valence electrons. The number of halogens is 3. The summed E-state index contributed by atoms with van der Waals surface area (Å²) >= 11 is 0. The highest BCUT2D eigenvalue weighted by Gasteiger charge is 2.31. The molecule has 2 heterocycles. The molecule has 0 saturated carbocycles. The quantitative estimate of drug-likeness (QED) is 0.834. The Morgan fingerprint density at radius 2 is 2.04 bits per heavy atom. The highest BCUT2D eigenvalue weighted by atomic mass is 19.4. The first-order valence-corrected chi connectivity index (χ1v) is 7.62. The number of carboxylic acids is 1. The van der Waals surface area contributed by atoms with Crippen LogP contribution in [0.1, 0.15) is 36.3 Å². The van der Waals surface area contributed by atoms with E-state index in [1.807, 2.05) is 0 Å². The molecule has 0 bridgehead atoms. The molecule has 1 atom stereocenters. The minimum Gasteiger partial charge on any atom is -0.480 e. The summed E-state index contributed by atoms with van der Waals surface area (Å²) in [6, 6.07) is 1.59. The van der Waals surface area contributed by atoms with E-state index in [0.717, 1.165) is 21.7 Å². The van der Waals surface area contributed by atoms with Gasteiger partial charge >= 0.3 is 12.1 Å². The molecule has 8 nitrogen and oxygen atoms in total. The molecule has 11 heteroatoms. The minimum absolute atomic E-state index is 0.0397. The van der Waals surface area contributed by atoms with Crippen LogP contribution >= 0.6 is 0 Å². The molecule has 0 fully saturated rings. The number of rotatable bonds is 6. The molecular formula is C15H16F3N5O3. The van der Waals surface area contributed by atoms with E-state index in [4.69, 9.17) is 5.11 Å². The predicted octanol–water partition coefficient (Wildman–Crippen LogP) is 2.01. The highest BCUT2D eigenvalue weighted by molar-refractivity contribution is 5.94. The van der Waals surface area contributed by atoms with Gasteiger partial charge in [0.1, 0.15) is 6.54 Å². The second-order valence-electron chi connectivity index (χ2n) is 5.54. The Morgan fingerprint density at radius 3 is 2.54 bits per heavy atom. The number of aliphatic carboxylic acids is 1. The van der Waals surface area contributed by atoms with Gasteiger partial charge in [-0.3, -0.25) is 9.59 Å². The molecule has 1 N–H and O–H groups in total. The third-order valence-corrected chi connectivity index (χ3v) is 3.71. The van der Waals surface area contributed by atoms with Crippen molar-refractivity contribution in [2.75, 3.05) is 6.54 Å². The fourth-order valence-corrected chi connectivity index (χ4v) is 2.10. The summed E-state index contributed by atoms with van der Waals surface area (Å²) in [5.74, 6) is -1.77. The summed E-state index contributed by atoms with van der Waals surface area (Å²) in [7, 11) is 0. The third kappa shape index (κ3) is 4.35. The van der Waals surface area contributed by atoms with Gasteiger partial charge < -0.3 is 10.0 Å². The van der Waals surface area contributed by atoms with Crippen molar-refractivity contribution in [1.29, 1.82) is 0 Å². The number of carboxylic acid groups (broad SMARTS) is 1. The van der Waals surface area contributed by atoms with Crippen LogP contribution in [0.15, 0.2) is 24.5 Å². The zero-order valence-corrected chi connectivity index (χ0v) is 13.9. The maximum absolute atomic E-state index is 12.6. The minimum atomic E-state index is -4.51. The number of nitrogens with zero attached hydrogens (tertiary/aromatic N) is 5. The second kappa shape index (κ2) is 7.50. The molecule has 0 aliphatic carbocycles. The number of pyridine rings is 1. The number of hydrogen-bond acceptors (Lipinski definition) is 5. The maximum Gasteiger partial charge on any atom is 0.417 e. The van der Waals surface area contributed by atoms with Gasteiger partial charge in [-0.1, -0.05) is 12.1 Å². The molecule has 0 saturated heterocycles. The first kappa shape index (κ1) is 19.3. The number of amides is 1. The Bertz CT molecular complexity index is 789. The summed E-state index contributed by atoms with van der Waals surface area (Å²) in [6.07, 6.45) is -2.14. The standard InChI is InChI=1S/C15H16F3N5O3/c1-3-9(2)22(8-13(24)25)14(26)11-7-23(21-20-11)12-5-4-10(6-19-12)15(16,17)18/h4-7,9H,3,8H2,1-2H3,(H,24,25). The second-order valence-corrected chi connectivity index (χ2v) is 5.54. The van der Waals surface area contributed by atoms with Crippen molar-refractivity contribution in [1.82, 2.24) is 24.9 Å². The van der Waals surface area contributed by atoms with Crippen LogP contribution in [-0.2, 0) is 11.0 Å². The van der Waals surface area contributed by atoms with Gasteiger partial charge in [0.15, 0.2) is 11.5 Å². The van der Waals surface area contributed by atoms with Crippen LogP contribution in [0.2, 0.25) is 0 Å². The van der Waals surface area contributed by atoms with Gasteiger partial charge in [-0.15, -0.1) is 5.10 Å². The van der Waals surface area contributed by atoms with Crippen molar-refractivity contribution in [2.45, 2.75) is 32.5 Å². The Kier molecular flexibility index (Phi) is 5.58. The molecule has 0 spiro atoms. The topological polar surface area (TPSA) is 101 Å². The Balaban J connectivity index is 2.25. The summed E-state index contributed by atoms with van der Waals surface area (Å²) < 4.78 is 38.7. The lowest BCUT2D eigenvalue weighted by Gasteiger charge is -2.25. The van der Waals surface area contributed by atoms with Crippen LogP contribution in [0.5, 0.6) is 0 Å². The van der Waals surface area contributed by atoms with Gasteiger partial charge in [-0.2, -0.15) is 13.2 Å². The largest absolute Gasteiger partial charge is 0.480 e. The van der Waals surface area contributed by atoms with Gasteiger partial charge in [0.2, 0.25) is 0 Å². The first-order valence-electron chi connectivity index (χ1n) is 7.62. The van der Waals surface area contributed by atoms with E-state index >= 15 is 0 Å². The molecule has 0 aromatic carbocycles. The number of carbonyl (C=O) groups excluding carboxylic acids is 1. The van der Waals surface area contributed by atoms with Crippen LogP contribution in [0.25, 0.3) is 5.82 Å². The fourth-order valence-electron chi connectivity index (χ4n) is 2.10. The lowest BCUT2D eigenvalue weighted by atomic mass is 10.2. The van der Waals surface area contributed by atoms with Crippen LogP contribution in [-0.4, -0.2) is 54.4 Å². The first-order chi connectivity index (χ1) is 12.1. The van der Waals surface area contributed by atoms with Crippen molar-refractivity contribution >= 4 is 11.9 Å². The number of hydrogen-bond donors (Lipinski definition) is 1. The molecule has 0 radical (unpaired) electrons. The fraction of sp³-hybridized carbons (Fsp3) is 0.400. The smallest absolute Gasteiger partial charge is 0.417 e. The van der Waals surface area contributed by atoms with E-state index < -0.39 is 30.2 Å². The zero-order chi connectivity index (χ0) is 19.5. The number of carbonyl (C=O) groups is 2. The molecule has 1 unspecified atom stereocenters. The van der Waals surface area contributed by atoms with E-state index in [2.05, 4.69) is 15.3 Å². The third-order valence-electron chi connectivity index (χ3n) is 3.71. The summed E-state index contributed by atoms with van der Waals surface area (Å²) in [5, 5.41) is 16.3. The lowest BCUT2D eigenvalue weighted by molar-refractivity contribution is -0.138. The molecule has 1 amide bonds. The summed E-state index contributed by atoms with van der Waals surface area (Å²) in [5.41, 5.74) is -1.05. The molecular weight excluding hydrogens is 355 g/mol. The van der Waals surface area contributed by atoms with Crippen molar-refractivity contribution in [2.24, 2.45) is 0 Å². The summed E-state index contributed by atoms with van der Waals surface area (Å²) in [6.45, 7) is 3.00. The number of alkyl halides is 3. The lowest BCUT2D eigenvalue weighted by Crippen LogP contribution is -2.42. The molecule has 2 aromatic rings. The van der Waals surface area contributed by atoms with E-state index in [1.54, 1.807) is 13.8 Å². The highest BCUT2D eigenvalue weighted by Crippen LogP contribution is 2.28. The number of aromatic nitrogens is 4. The molecule has 0 aliphatic rings. The van der Waals surface area contributed by atoms with Gasteiger partial charge in [0.25, 0.3) is 5.91 Å². The molecule has 0 aliphatic heterocycles. The van der Waals surface area contributed by atoms with E-state index in [0.29, 0.717) is 12.6 Å². The summed E-state index contributed by atoms with van der Waals surface area (Å²) in [4.78, 5) is 28.2. The Hall–Kier alpha value is -2.98. The van der Waals surface area contributed by atoms with Crippen molar-refractivity contribution in [3.63, 3.8) is 0 Å². The van der Waals surface area contributed by atoms with E-state index in [-0.39, 0.29) is 17.6 Å². The predicted molar refractivity (Wildman–Crippen MR) is 82.6 cm³/mol. The Morgan fingerprint density at radius 1 is 1.35 bits per heavy atom. The molecule has 26 heavy (non-hydrogen) atoms. The van der Waals surface area contributed by atoms with Crippen molar-refractivity contribution in [3.8, 4) is 5.82 Å². The average molecular weight is 371 g/mol. The van der Waals surface area contributed by atoms with Gasteiger partial charge in [-0.25, -0.2) is 9.67 Å². The van der Waals surface area contributed by atoms with Crippen LogP contribution < -0.4 is 0 Å². The zero-order valence-electron chi connectivity index (χ0n) is 13.9. The SMILES string of the molecule is CCC(C)N(CC(=O)O)C(=O)c1cn(-c2ccc(C(F)(F)F)cn2)nn1. The van der Waals surface area contributed by atoms with Gasteiger partial charge in [0.05, 0.1) is 11.8 Å². The normalized spacial score (nSPS) is 12.7. The van der Waals surface area contributed by atoms with Crippen LogP contribution in [0.4, 0.5) is 13.2 Å². The molecule has 2 rings (SSSR count). The average Bonchev–Trinajstić information content (AvgIpc) is 3.07.